The maximum atomic E-state index is 5.64. The van der Waals surface area contributed by atoms with Crippen molar-refractivity contribution in [3.63, 3.8) is 0 Å². The first-order valence-corrected chi connectivity index (χ1v) is 5.45. The van der Waals surface area contributed by atoms with Crippen molar-refractivity contribution in [2.75, 3.05) is 17.6 Å². The monoisotopic (exact) mass is 227 g/mol. The van der Waals surface area contributed by atoms with Crippen molar-refractivity contribution in [1.29, 1.82) is 0 Å². The highest BCUT2D eigenvalue weighted by atomic mass is 35.5. The molecule has 6 heteroatoms. The predicted octanol–water partition coefficient (Wildman–Crippen LogP) is 1.40. The second-order valence-electron chi connectivity index (χ2n) is 4.23. The molecule has 2 rings (SSSR count). The van der Waals surface area contributed by atoms with Crippen molar-refractivity contribution in [3.8, 4) is 0 Å². The fourth-order valence-corrected chi connectivity index (χ4v) is 1.38. The Morgan fingerprint density at radius 3 is 2.73 bits per heavy atom. The van der Waals surface area contributed by atoms with Crippen LogP contribution in [0.15, 0.2) is 0 Å². The summed E-state index contributed by atoms with van der Waals surface area (Å²) in [5.41, 5.74) is 5.93. The number of nitrogens with one attached hydrogen (secondary N) is 1. The number of rotatable bonds is 4. The Morgan fingerprint density at radius 2 is 2.13 bits per heavy atom. The molecule has 0 aliphatic heterocycles. The van der Waals surface area contributed by atoms with Gasteiger partial charge in [0.2, 0.25) is 11.9 Å². The molecule has 15 heavy (non-hydrogen) atoms. The van der Waals surface area contributed by atoms with Gasteiger partial charge in [0, 0.05) is 6.54 Å². The fraction of sp³-hybridized carbons (Fsp3) is 0.667. The van der Waals surface area contributed by atoms with Gasteiger partial charge in [-0.2, -0.15) is 15.0 Å². The molecule has 0 radical (unpaired) electrons. The third-order valence-electron chi connectivity index (χ3n) is 2.60. The van der Waals surface area contributed by atoms with Crippen LogP contribution < -0.4 is 11.1 Å². The first-order valence-electron chi connectivity index (χ1n) is 4.92. The van der Waals surface area contributed by atoms with E-state index in [1.807, 2.05) is 0 Å². The average molecular weight is 228 g/mol. The smallest absolute Gasteiger partial charge is 0.227 e. The van der Waals surface area contributed by atoms with Gasteiger partial charge in [-0.25, -0.2) is 0 Å². The molecule has 3 N–H and O–H groups in total. The quantitative estimate of drug-likeness (QED) is 0.761. The van der Waals surface area contributed by atoms with Gasteiger partial charge in [-0.3, -0.25) is 0 Å². The Labute approximate surface area is 93.5 Å². The Balaban J connectivity index is 2.03. The molecule has 0 unspecified atom stereocenters. The fourth-order valence-electron chi connectivity index (χ4n) is 1.26. The van der Waals surface area contributed by atoms with Crippen LogP contribution in [0.5, 0.6) is 0 Å². The van der Waals surface area contributed by atoms with Gasteiger partial charge in [-0.05, 0) is 18.3 Å². The molecule has 0 saturated heterocycles. The SMILES string of the molecule is CC1(CNc2nc(N)nc(CCl)n2)CC1. The summed E-state index contributed by atoms with van der Waals surface area (Å²) in [7, 11) is 0. The van der Waals surface area contributed by atoms with Crippen LogP contribution >= 0.6 is 11.6 Å². The minimum Gasteiger partial charge on any atom is -0.368 e. The molecule has 0 spiro atoms. The van der Waals surface area contributed by atoms with E-state index in [0.29, 0.717) is 17.2 Å². The van der Waals surface area contributed by atoms with Crippen molar-refractivity contribution in [2.45, 2.75) is 25.6 Å². The van der Waals surface area contributed by atoms with Gasteiger partial charge in [0.05, 0.1) is 5.88 Å². The molecule has 0 bridgehead atoms. The van der Waals surface area contributed by atoms with Crippen molar-refractivity contribution in [2.24, 2.45) is 5.41 Å². The standard InChI is InChI=1S/C9H14ClN5/c1-9(2-3-9)5-12-8-14-6(4-10)13-7(11)15-8/h2-5H2,1H3,(H3,11,12,13,14,15). The summed E-state index contributed by atoms with van der Waals surface area (Å²) in [6.07, 6.45) is 2.51. The van der Waals surface area contributed by atoms with Gasteiger partial charge in [0.15, 0.2) is 5.82 Å². The van der Waals surface area contributed by atoms with Crippen LogP contribution in [0.4, 0.5) is 11.9 Å². The summed E-state index contributed by atoms with van der Waals surface area (Å²) >= 11 is 5.64. The molecule has 5 nitrogen and oxygen atoms in total. The molecular formula is C9H14ClN5. The maximum Gasteiger partial charge on any atom is 0.227 e. The van der Waals surface area contributed by atoms with E-state index in [-0.39, 0.29) is 11.8 Å². The van der Waals surface area contributed by atoms with E-state index in [1.54, 1.807) is 0 Å². The zero-order valence-electron chi connectivity index (χ0n) is 8.63. The normalized spacial score (nSPS) is 17.5. The Bertz CT molecular complexity index is 364. The molecule has 1 aromatic rings. The number of nitrogens with zero attached hydrogens (tertiary/aromatic N) is 3. The molecule has 1 saturated carbocycles. The van der Waals surface area contributed by atoms with Crippen molar-refractivity contribution in [1.82, 2.24) is 15.0 Å². The molecule has 82 valence electrons. The van der Waals surface area contributed by atoms with Gasteiger partial charge in [-0.15, -0.1) is 11.6 Å². The highest BCUT2D eigenvalue weighted by molar-refractivity contribution is 6.16. The summed E-state index contributed by atoms with van der Waals surface area (Å²) in [6.45, 7) is 3.10. The minimum absolute atomic E-state index is 0.212. The van der Waals surface area contributed by atoms with Gasteiger partial charge < -0.3 is 11.1 Å². The Morgan fingerprint density at radius 1 is 1.40 bits per heavy atom. The summed E-state index contributed by atoms with van der Waals surface area (Å²) in [6, 6.07) is 0. The van der Waals surface area contributed by atoms with E-state index in [9.17, 15) is 0 Å². The second kappa shape index (κ2) is 3.81. The largest absolute Gasteiger partial charge is 0.368 e. The van der Waals surface area contributed by atoms with Gasteiger partial charge in [0.25, 0.3) is 0 Å². The number of halogens is 1. The van der Waals surface area contributed by atoms with Crippen LogP contribution in [-0.4, -0.2) is 21.5 Å². The van der Waals surface area contributed by atoms with Gasteiger partial charge in [-0.1, -0.05) is 6.92 Å². The first-order chi connectivity index (χ1) is 7.11. The molecular weight excluding hydrogens is 214 g/mol. The molecule has 0 amide bonds. The lowest BCUT2D eigenvalue weighted by atomic mass is 10.1. The van der Waals surface area contributed by atoms with E-state index >= 15 is 0 Å². The van der Waals surface area contributed by atoms with Crippen LogP contribution in [0.3, 0.4) is 0 Å². The summed E-state index contributed by atoms with van der Waals surface area (Å²) < 4.78 is 0. The van der Waals surface area contributed by atoms with Crippen LogP contribution in [-0.2, 0) is 5.88 Å². The van der Waals surface area contributed by atoms with Crippen LogP contribution in [0.25, 0.3) is 0 Å². The lowest BCUT2D eigenvalue weighted by Gasteiger charge is -2.10. The number of hydrogen-bond donors (Lipinski definition) is 2. The molecule has 1 aromatic heterocycles. The molecule has 1 fully saturated rings. The third kappa shape index (κ3) is 2.68. The topological polar surface area (TPSA) is 76.7 Å². The first kappa shape index (κ1) is 10.4. The predicted molar refractivity (Wildman–Crippen MR) is 59.6 cm³/mol. The maximum absolute atomic E-state index is 5.64. The lowest BCUT2D eigenvalue weighted by molar-refractivity contribution is 0.607. The average Bonchev–Trinajstić information content (AvgIpc) is 2.94. The number of alkyl halides is 1. The molecule has 1 aliphatic carbocycles. The Kier molecular flexibility index (Phi) is 2.65. The summed E-state index contributed by atoms with van der Waals surface area (Å²) in [5.74, 6) is 1.49. The summed E-state index contributed by atoms with van der Waals surface area (Å²) in [5, 5.41) is 3.16. The molecule has 0 atom stereocenters. The number of anilines is 2. The molecule has 0 aromatic carbocycles. The number of nitrogens with two attached hydrogens (primary N) is 1. The van der Waals surface area contributed by atoms with Crippen LogP contribution in [0.2, 0.25) is 0 Å². The van der Waals surface area contributed by atoms with E-state index in [2.05, 4.69) is 27.2 Å². The van der Waals surface area contributed by atoms with Gasteiger partial charge in [0.1, 0.15) is 0 Å². The second-order valence-corrected chi connectivity index (χ2v) is 4.50. The number of nitrogen functional groups attached to an aromatic ring is 1. The van der Waals surface area contributed by atoms with E-state index in [4.69, 9.17) is 17.3 Å². The third-order valence-corrected chi connectivity index (χ3v) is 2.83. The van der Waals surface area contributed by atoms with Crippen molar-refractivity contribution >= 4 is 23.5 Å². The van der Waals surface area contributed by atoms with E-state index < -0.39 is 0 Å². The summed E-state index contributed by atoms with van der Waals surface area (Å²) in [4.78, 5) is 12.0. The highest BCUT2D eigenvalue weighted by Crippen LogP contribution is 2.44. The van der Waals surface area contributed by atoms with Crippen LogP contribution in [0.1, 0.15) is 25.6 Å². The Hall–Kier alpha value is -1.10. The minimum atomic E-state index is 0.212. The number of aromatic nitrogens is 3. The van der Waals surface area contributed by atoms with Crippen LogP contribution in [0, 0.1) is 5.41 Å². The van der Waals surface area contributed by atoms with E-state index in [1.165, 1.54) is 12.8 Å². The van der Waals surface area contributed by atoms with Crippen molar-refractivity contribution < 1.29 is 0 Å². The number of hydrogen-bond acceptors (Lipinski definition) is 5. The highest BCUT2D eigenvalue weighted by Gasteiger charge is 2.36. The lowest BCUT2D eigenvalue weighted by Crippen LogP contribution is -2.15. The van der Waals surface area contributed by atoms with Crippen molar-refractivity contribution in [3.05, 3.63) is 5.82 Å². The molecule has 1 aliphatic rings. The van der Waals surface area contributed by atoms with E-state index in [0.717, 1.165) is 6.54 Å². The van der Waals surface area contributed by atoms with Gasteiger partial charge >= 0.3 is 0 Å². The zero-order valence-corrected chi connectivity index (χ0v) is 9.38. The zero-order chi connectivity index (χ0) is 10.9. The molecule has 1 heterocycles.